The number of carbonyl (C=O) groups is 1. The number of hydrogen-bond donors (Lipinski definition) is 1. The number of amides is 1. The number of aromatic amines is 1. The Morgan fingerprint density at radius 1 is 0.949 bits per heavy atom. The second-order valence-electron chi connectivity index (χ2n) is 11.2. The molecule has 3 aromatic rings. The van der Waals surface area contributed by atoms with Gasteiger partial charge in [-0.1, -0.05) is 38.0 Å². The Kier molecular flexibility index (Phi) is 9.65. The van der Waals surface area contributed by atoms with E-state index < -0.39 is 0 Å². The van der Waals surface area contributed by atoms with E-state index in [1.54, 1.807) is 6.20 Å². The predicted molar refractivity (Wildman–Crippen MR) is 157 cm³/mol. The van der Waals surface area contributed by atoms with E-state index in [-0.39, 0.29) is 11.9 Å². The van der Waals surface area contributed by atoms with E-state index in [2.05, 4.69) is 66.9 Å². The molecule has 39 heavy (non-hydrogen) atoms. The molecule has 0 radical (unpaired) electrons. The van der Waals surface area contributed by atoms with E-state index in [1.807, 2.05) is 18.5 Å². The highest BCUT2D eigenvalue weighted by atomic mass is 16.2. The maximum absolute atomic E-state index is 13.9. The van der Waals surface area contributed by atoms with Crippen LogP contribution in [0.2, 0.25) is 0 Å². The molecular formula is C32H44N6O. The number of hydrogen-bond acceptors (Lipinski definition) is 5. The fraction of sp³-hybridized carbons (Fsp3) is 0.531. The zero-order chi connectivity index (χ0) is 26.9. The molecule has 2 aliphatic heterocycles. The van der Waals surface area contributed by atoms with Crippen LogP contribution in [-0.2, 0) is 19.5 Å². The number of aromatic nitrogens is 3. The molecule has 2 aliphatic rings. The summed E-state index contributed by atoms with van der Waals surface area (Å²) in [6, 6.07) is 13.1. The number of aryl methyl sites for hydroxylation is 1. The lowest BCUT2D eigenvalue weighted by Crippen LogP contribution is -2.47. The number of rotatable bonds is 11. The Morgan fingerprint density at radius 2 is 1.72 bits per heavy atom. The van der Waals surface area contributed by atoms with Crippen LogP contribution in [0.1, 0.15) is 85.7 Å². The number of piperidine rings is 2. The molecular weight excluding hydrogens is 484 g/mol. The number of pyridine rings is 1. The summed E-state index contributed by atoms with van der Waals surface area (Å²) in [4.78, 5) is 33.1. The average molecular weight is 529 g/mol. The molecule has 4 heterocycles. The molecule has 208 valence electrons. The van der Waals surface area contributed by atoms with Crippen molar-refractivity contribution in [1.82, 2.24) is 24.8 Å². The van der Waals surface area contributed by atoms with Gasteiger partial charge in [-0.25, -0.2) is 4.98 Å². The molecule has 0 bridgehead atoms. The summed E-state index contributed by atoms with van der Waals surface area (Å²) >= 11 is 0. The average Bonchev–Trinajstić information content (AvgIpc) is 3.50. The van der Waals surface area contributed by atoms with Gasteiger partial charge in [0.15, 0.2) is 0 Å². The highest BCUT2D eigenvalue weighted by Crippen LogP contribution is 2.25. The van der Waals surface area contributed by atoms with Crippen LogP contribution in [0.3, 0.4) is 0 Å². The first-order chi connectivity index (χ1) is 19.2. The van der Waals surface area contributed by atoms with E-state index in [9.17, 15) is 4.79 Å². The van der Waals surface area contributed by atoms with Crippen molar-refractivity contribution in [1.29, 1.82) is 0 Å². The normalized spacial score (nSPS) is 16.9. The van der Waals surface area contributed by atoms with E-state index in [0.29, 0.717) is 12.2 Å². The maximum atomic E-state index is 13.9. The number of nitrogens with one attached hydrogen (secondary N) is 1. The number of likely N-dealkylation sites (tertiary alicyclic amines) is 1. The lowest BCUT2D eigenvalue weighted by Gasteiger charge is -2.38. The first-order valence-electron chi connectivity index (χ1n) is 15.0. The molecule has 0 aliphatic carbocycles. The van der Waals surface area contributed by atoms with E-state index in [1.165, 1.54) is 55.3 Å². The minimum atomic E-state index is 0.0414. The van der Waals surface area contributed by atoms with Crippen molar-refractivity contribution in [3.63, 3.8) is 0 Å². The topological polar surface area (TPSA) is 68.4 Å². The summed E-state index contributed by atoms with van der Waals surface area (Å²) < 4.78 is 0. The first-order valence-corrected chi connectivity index (χ1v) is 15.0. The summed E-state index contributed by atoms with van der Waals surface area (Å²) in [6.07, 6.45) is 16.0. The molecule has 1 aromatic carbocycles. The predicted octanol–water partition coefficient (Wildman–Crippen LogP) is 5.83. The maximum Gasteiger partial charge on any atom is 0.272 e. The highest BCUT2D eigenvalue weighted by Gasteiger charge is 2.29. The number of unbranched alkanes of at least 4 members (excludes halogenated alkanes) is 2. The minimum absolute atomic E-state index is 0.0414. The van der Waals surface area contributed by atoms with E-state index in [4.69, 9.17) is 0 Å². The Morgan fingerprint density at radius 3 is 2.38 bits per heavy atom. The van der Waals surface area contributed by atoms with Crippen LogP contribution in [0, 0.1) is 0 Å². The van der Waals surface area contributed by atoms with Crippen LogP contribution >= 0.6 is 0 Å². The molecule has 7 heteroatoms. The van der Waals surface area contributed by atoms with Crippen LogP contribution < -0.4 is 4.90 Å². The largest absolute Gasteiger partial charge is 0.372 e. The van der Waals surface area contributed by atoms with Crippen molar-refractivity contribution in [2.75, 3.05) is 31.1 Å². The third-order valence-corrected chi connectivity index (χ3v) is 8.31. The van der Waals surface area contributed by atoms with E-state index >= 15 is 0 Å². The van der Waals surface area contributed by atoms with Crippen molar-refractivity contribution in [2.24, 2.45) is 0 Å². The lowest BCUT2D eigenvalue weighted by molar-refractivity contribution is 0.0535. The monoisotopic (exact) mass is 528 g/mol. The minimum Gasteiger partial charge on any atom is -0.372 e. The Labute approximate surface area is 233 Å². The van der Waals surface area contributed by atoms with Crippen molar-refractivity contribution in [3.05, 3.63) is 77.6 Å². The van der Waals surface area contributed by atoms with Crippen LogP contribution in [0.4, 0.5) is 5.69 Å². The Balaban J connectivity index is 1.28. The molecule has 2 aromatic heterocycles. The number of imidazole rings is 1. The molecule has 2 saturated heterocycles. The van der Waals surface area contributed by atoms with Crippen LogP contribution in [0.25, 0.3) is 0 Å². The van der Waals surface area contributed by atoms with Crippen molar-refractivity contribution in [3.8, 4) is 0 Å². The quantitative estimate of drug-likeness (QED) is 0.317. The van der Waals surface area contributed by atoms with Gasteiger partial charge in [0.25, 0.3) is 5.91 Å². The number of H-pyrrole nitrogens is 1. The van der Waals surface area contributed by atoms with Crippen molar-refractivity contribution >= 4 is 11.6 Å². The third kappa shape index (κ3) is 7.47. The van der Waals surface area contributed by atoms with Gasteiger partial charge in [-0.15, -0.1) is 0 Å². The molecule has 2 fully saturated rings. The summed E-state index contributed by atoms with van der Waals surface area (Å²) in [6.45, 7) is 7.84. The number of benzene rings is 1. The fourth-order valence-corrected chi connectivity index (χ4v) is 5.94. The first kappa shape index (κ1) is 27.4. The van der Waals surface area contributed by atoms with Gasteiger partial charge in [0.05, 0.1) is 6.54 Å². The van der Waals surface area contributed by atoms with Gasteiger partial charge in [-0.2, -0.15) is 0 Å². The number of anilines is 1. The van der Waals surface area contributed by atoms with Crippen LogP contribution in [-0.4, -0.2) is 62.9 Å². The standard InChI is InChI=1S/C32H44N6O/c1-2-3-5-8-26-11-14-30(35-23-26)32(39)38(29-15-21-36(22-16-29)25-31-33-17-18-34-31)24-27-9-12-28(13-10-27)37-19-6-4-7-20-37/h9-14,17-18,23,29H,2-8,15-16,19-22,24-25H2,1H3,(H,33,34). The molecule has 0 unspecified atom stereocenters. The second-order valence-corrected chi connectivity index (χ2v) is 11.2. The zero-order valence-electron chi connectivity index (χ0n) is 23.5. The van der Waals surface area contributed by atoms with E-state index in [0.717, 1.165) is 57.8 Å². The highest BCUT2D eigenvalue weighted by molar-refractivity contribution is 5.92. The zero-order valence-corrected chi connectivity index (χ0v) is 23.5. The number of carbonyl (C=O) groups excluding carboxylic acids is 1. The fourth-order valence-electron chi connectivity index (χ4n) is 5.94. The van der Waals surface area contributed by atoms with Gasteiger partial charge < -0.3 is 14.8 Å². The second kappa shape index (κ2) is 13.7. The van der Waals surface area contributed by atoms with Crippen LogP contribution in [0.15, 0.2) is 55.0 Å². The number of nitrogens with zero attached hydrogens (tertiary/aromatic N) is 5. The van der Waals surface area contributed by atoms with Gasteiger partial charge in [0.2, 0.25) is 0 Å². The van der Waals surface area contributed by atoms with Gasteiger partial charge in [-0.3, -0.25) is 14.7 Å². The van der Waals surface area contributed by atoms with Gasteiger partial charge in [-0.05, 0) is 74.3 Å². The van der Waals surface area contributed by atoms with Gasteiger partial charge in [0.1, 0.15) is 11.5 Å². The Bertz CT molecular complexity index is 1130. The molecule has 5 rings (SSSR count). The Hall–Kier alpha value is -3.19. The molecule has 1 N–H and O–H groups in total. The van der Waals surface area contributed by atoms with Crippen LogP contribution in [0.5, 0.6) is 0 Å². The van der Waals surface area contributed by atoms with Gasteiger partial charge >= 0.3 is 0 Å². The summed E-state index contributed by atoms with van der Waals surface area (Å²) in [5.74, 6) is 1.04. The van der Waals surface area contributed by atoms with Crippen molar-refractivity contribution < 1.29 is 4.79 Å². The summed E-state index contributed by atoms with van der Waals surface area (Å²) in [5.41, 5.74) is 4.24. The summed E-state index contributed by atoms with van der Waals surface area (Å²) in [5, 5.41) is 0. The third-order valence-electron chi connectivity index (χ3n) is 8.31. The molecule has 0 spiro atoms. The molecule has 7 nitrogen and oxygen atoms in total. The SMILES string of the molecule is CCCCCc1ccc(C(=O)N(Cc2ccc(N3CCCCC3)cc2)C2CCN(Cc3ncc[nH]3)CC2)nc1. The molecule has 0 saturated carbocycles. The molecule has 0 atom stereocenters. The van der Waals surface area contributed by atoms with Gasteiger partial charge in [0, 0.05) is 63.0 Å². The lowest BCUT2D eigenvalue weighted by atomic mass is 10.0. The van der Waals surface area contributed by atoms with Crippen molar-refractivity contribution in [2.45, 2.75) is 83.8 Å². The smallest absolute Gasteiger partial charge is 0.272 e. The summed E-state index contributed by atoms with van der Waals surface area (Å²) in [7, 11) is 0. The molecule has 1 amide bonds.